The van der Waals surface area contributed by atoms with Crippen LogP contribution in [0.15, 0.2) is 12.1 Å². The first kappa shape index (κ1) is 10.9. The van der Waals surface area contributed by atoms with Gasteiger partial charge in [-0.2, -0.15) is 5.26 Å². The lowest BCUT2D eigenvalue weighted by atomic mass is 10.1. The molecule has 0 aliphatic rings. The zero-order valence-corrected chi connectivity index (χ0v) is 7.85. The van der Waals surface area contributed by atoms with E-state index in [0.29, 0.717) is 0 Å². The van der Waals surface area contributed by atoms with Gasteiger partial charge in [0.2, 0.25) is 0 Å². The molecule has 0 radical (unpaired) electrons. The first-order valence-electron chi connectivity index (χ1n) is 3.59. The van der Waals surface area contributed by atoms with Crippen LogP contribution in [0.1, 0.15) is 15.9 Å². The maximum absolute atomic E-state index is 10.7. The molecule has 0 fully saturated rings. The van der Waals surface area contributed by atoms with Crippen LogP contribution in [0.3, 0.4) is 0 Å². The Bertz CT molecular complexity index is 492. The Morgan fingerprint density at radius 3 is 2.60 bits per heavy atom. The molecule has 0 saturated carbocycles. The van der Waals surface area contributed by atoms with Crippen LogP contribution in [0.5, 0.6) is 0 Å². The molecule has 0 aliphatic carbocycles. The van der Waals surface area contributed by atoms with Crippen LogP contribution in [-0.4, -0.2) is 16.0 Å². The summed E-state index contributed by atoms with van der Waals surface area (Å²) in [5, 5.41) is 27.7. The molecule has 0 amide bonds. The second-order valence-electron chi connectivity index (χ2n) is 2.49. The largest absolute Gasteiger partial charge is 0.477 e. The number of hydrogen-bond acceptors (Lipinski definition) is 4. The van der Waals surface area contributed by atoms with Crippen molar-refractivity contribution in [3.63, 3.8) is 0 Å². The summed E-state index contributed by atoms with van der Waals surface area (Å²) < 4.78 is 0. The van der Waals surface area contributed by atoms with E-state index in [2.05, 4.69) is 0 Å². The van der Waals surface area contributed by atoms with E-state index >= 15 is 0 Å². The second-order valence-corrected chi connectivity index (χ2v) is 2.90. The Hall–Kier alpha value is -2.13. The Labute approximate surface area is 88.5 Å². The smallest absolute Gasteiger partial charge is 0.344 e. The summed E-state index contributed by atoms with van der Waals surface area (Å²) in [5.41, 5.74) is -1.74. The van der Waals surface area contributed by atoms with Gasteiger partial charge in [0, 0.05) is 6.07 Å². The normalized spacial score (nSPS) is 9.33. The first-order valence-corrected chi connectivity index (χ1v) is 3.97. The van der Waals surface area contributed by atoms with E-state index in [-0.39, 0.29) is 5.02 Å². The number of carboxylic acids is 1. The highest BCUT2D eigenvalue weighted by molar-refractivity contribution is 6.32. The lowest BCUT2D eigenvalue weighted by Gasteiger charge is -2.01. The van der Waals surface area contributed by atoms with Crippen molar-refractivity contribution in [3.8, 4) is 6.07 Å². The quantitative estimate of drug-likeness (QED) is 0.612. The number of carboxylic acid groups (broad SMARTS) is 1. The molecule has 15 heavy (non-hydrogen) atoms. The van der Waals surface area contributed by atoms with Gasteiger partial charge in [-0.3, -0.25) is 10.1 Å². The number of nitriles is 1. The van der Waals surface area contributed by atoms with Gasteiger partial charge >= 0.3 is 5.97 Å². The number of aromatic carboxylic acids is 1. The third-order valence-corrected chi connectivity index (χ3v) is 1.97. The molecule has 0 bridgehead atoms. The minimum absolute atomic E-state index is 0.125. The number of halogens is 1. The van der Waals surface area contributed by atoms with Crippen molar-refractivity contribution in [2.45, 2.75) is 0 Å². The van der Waals surface area contributed by atoms with Crippen LogP contribution in [0.25, 0.3) is 0 Å². The summed E-state index contributed by atoms with van der Waals surface area (Å²) >= 11 is 5.54. The van der Waals surface area contributed by atoms with Gasteiger partial charge in [-0.05, 0) is 6.07 Å². The number of hydrogen-bond donors (Lipinski definition) is 1. The number of nitro benzene ring substituents is 1. The summed E-state index contributed by atoms with van der Waals surface area (Å²) in [4.78, 5) is 20.4. The van der Waals surface area contributed by atoms with Gasteiger partial charge in [0.1, 0.15) is 6.07 Å². The van der Waals surface area contributed by atoms with Gasteiger partial charge < -0.3 is 5.11 Å². The van der Waals surface area contributed by atoms with E-state index < -0.39 is 27.7 Å². The number of carbonyl (C=O) groups is 1. The highest BCUT2D eigenvalue weighted by atomic mass is 35.5. The third-order valence-electron chi connectivity index (χ3n) is 1.65. The standard InChI is InChI=1S/C8H3ClN2O4/c9-5-1-2-6(11(14)15)7(8(12)13)4(5)3-10/h1-2H,(H,12,13). The van der Waals surface area contributed by atoms with Crippen LogP contribution in [0, 0.1) is 21.4 Å². The fraction of sp³-hybridized carbons (Fsp3) is 0. The molecule has 1 aromatic rings. The highest BCUT2D eigenvalue weighted by Crippen LogP contribution is 2.27. The Kier molecular flexibility index (Phi) is 2.87. The van der Waals surface area contributed by atoms with Crippen LogP contribution >= 0.6 is 11.6 Å². The summed E-state index contributed by atoms with van der Waals surface area (Å²) in [7, 11) is 0. The molecular formula is C8H3ClN2O4. The summed E-state index contributed by atoms with van der Waals surface area (Å²) in [6.45, 7) is 0. The van der Waals surface area contributed by atoms with E-state index in [1.54, 1.807) is 0 Å². The molecule has 0 spiro atoms. The average molecular weight is 227 g/mol. The molecule has 0 heterocycles. The van der Waals surface area contributed by atoms with Crippen molar-refractivity contribution in [3.05, 3.63) is 38.4 Å². The molecular weight excluding hydrogens is 224 g/mol. The second kappa shape index (κ2) is 3.94. The number of nitrogens with zero attached hydrogens (tertiary/aromatic N) is 2. The van der Waals surface area contributed by atoms with Crippen LogP contribution in [0.2, 0.25) is 5.02 Å². The maximum Gasteiger partial charge on any atom is 0.344 e. The molecule has 0 aliphatic heterocycles. The zero-order valence-electron chi connectivity index (χ0n) is 7.10. The molecule has 7 heteroatoms. The Balaban J connectivity index is 3.66. The van der Waals surface area contributed by atoms with Crippen molar-refractivity contribution < 1.29 is 14.8 Å². The molecule has 1 rings (SSSR count). The molecule has 0 atom stereocenters. The van der Waals surface area contributed by atoms with E-state index in [1.165, 1.54) is 6.07 Å². The van der Waals surface area contributed by atoms with Gasteiger partial charge in [-0.25, -0.2) is 4.79 Å². The fourth-order valence-corrected chi connectivity index (χ4v) is 1.24. The van der Waals surface area contributed by atoms with E-state index in [0.717, 1.165) is 12.1 Å². The maximum atomic E-state index is 10.7. The van der Waals surface area contributed by atoms with Crippen molar-refractivity contribution in [1.29, 1.82) is 5.26 Å². The predicted molar refractivity (Wildman–Crippen MR) is 49.8 cm³/mol. The van der Waals surface area contributed by atoms with Crippen molar-refractivity contribution in [2.24, 2.45) is 0 Å². The predicted octanol–water partition coefficient (Wildman–Crippen LogP) is 1.82. The number of benzene rings is 1. The molecule has 0 saturated heterocycles. The zero-order chi connectivity index (χ0) is 11.6. The lowest BCUT2D eigenvalue weighted by molar-refractivity contribution is -0.385. The van der Waals surface area contributed by atoms with Gasteiger partial charge in [0.05, 0.1) is 15.5 Å². The molecule has 76 valence electrons. The monoisotopic (exact) mass is 226 g/mol. The van der Waals surface area contributed by atoms with Crippen LogP contribution < -0.4 is 0 Å². The van der Waals surface area contributed by atoms with E-state index in [1.807, 2.05) is 0 Å². The van der Waals surface area contributed by atoms with E-state index in [4.69, 9.17) is 22.0 Å². The van der Waals surface area contributed by atoms with Gasteiger partial charge in [0.25, 0.3) is 5.69 Å². The summed E-state index contributed by atoms with van der Waals surface area (Å²) in [6.07, 6.45) is 0. The van der Waals surface area contributed by atoms with Gasteiger partial charge in [0.15, 0.2) is 5.56 Å². The number of nitro groups is 1. The van der Waals surface area contributed by atoms with Crippen molar-refractivity contribution >= 4 is 23.3 Å². The topological polar surface area (TPSA) is 104 Å². The molecule has 6 nitrogen and oxygen atoms in total. The molecule has 1 aromatic carbocycles. The van der Waals surface area contributed by atoms with Crippen molar-refractivity contribution in [1.82, 2.24) is 0 Å². The minimum atomic E-state index is -1.55. The lowest BCUT2D eigenvalue weighted by Crippen LogP contribution is -2.06. The van der Waals surface area contributed by atoms with Crippen LogP contribution in [-0.2, 0) is 0 Å². The number of rotatable bonds is 2. The molecule has 0 unspecified atom stereocenters. The van der Waals surface area contributed by atoms with Crippen molar-refractivity contribution in [2.75, 3.05) is 0 Å². The third kappa shape index (κ3) is 1.87. The summed E-state index contributed by atoms with van der Waals surface area (Å²) in [5.74, 6) is -1.55. The molecule has 1 N–H and O–H groups in total. The van der Waals surface area contributed by atoms with E-state index in [9.17, 15) is 14.9 Å². The minimum Gasteiger partial charge on any atom is -0.477 e. The Morgan fingerprint density at radius 1 is 1.60 bits per heavy atom. The fourth-order valence-electron chi connectivity index (χ4n) is 1.04. The van der Waals surface area contributed by atoms with Gasteiger partial charge in [-0.1, -0.05) is 11.6 Å². The Morgan fingerprint density at radius 2 is 2.20 bits per heavy atom. The summed E-state index contributed by atoms with van der Waals surface area (Å²) in [6, 6.07) is 3.59. The van der Waals surface area contributed by atoms with Crippen LogP contribution in [0.4, 0.5) is 5.69 Å². The SMILES string of the molecule is N#Cc1c(Cl)ccc([N+](=O)[O-])c1C(=O)O. The average Bonchev–Trinajstić information content (AvgIpc) is 2.16. The first-order chi connectivity index (χ1) is 6.99. The molecule has 0 aromatic heterocycles. The van der Waals surface area contributed by atoms with Gasteiger partial charge in [-0.15, -0.1) is 0 Å². The highest BCUT2D eigenvalue weighted by Gasteiger charge is 2.25.